The topological polar surface area (TPSA) is 23.3 Å². The van der Waals surface area contributed by atoms with Crippen molar-refractivity contribution in [2.24, 2.45) is 0 Å². The zero-order valence-corrected chi connectivity index (χ0v) is 9.78. The normalized spacial score (nSPS) is 25.2. The molecule has 0 N–H and O–H groups in total. The Bertz CT molecular complexity index is 382. The van der Waals surface area contributed by atoms with Crippen LogP contribution in [0.5, 0.6) is 5.75 Å². The van der Waals surface area contributed by atoms with Crippen LogP contribution in [0.3, 0.4) is 0 Å². The molecule has 16 heavy (non-hydrogen) atoms. The standard InChI is InChI=1S/C14H18NO/c1-10-8-13-9-12(2-3-14(13)16-10)11-4-6-15-7-5-11/h2-3,9-11H,4-8H2,1H3. The molecular weight excluding hydrogens is 198 g/mol. The van der Waals surface area contributed by atoms with Gasteiger partial charge < -0.3 is 4.74 Å². The Kier molecular flexibility index (Phi) is 2.60. The lowest BCUT2D eigenvalue weighted by atomic mass is 9.89. The van der Waals surface area contributed by atoms with Crippen molar-refractivity contribution in [2.45, 2.75) is 38.2 Å². The van der Waals surface area contributed by atoms with Crippen molar-refractivity contribution in [3.8, 4) is 5.75 Å². The van der Waals surface area contributed by atoms with Gasteiger partial charge in [0.15, 0.2) is 0 Å². The van der Waals surface area contributed by atoms with Crippen molar-refractivity contribution < 1.29 is 4.74 Å². The van der Waals surface area contributed by atoms with Crippen molar-refractivity contribution in [1.82, 2.24) is 5.32 Å². The zero-order chi connectivity index (χ0) is 11.0. The van der Waals surface area contributed by atoms with Gasteiger partial charge in [0.2, 0.25) is 0 Å². The highest BCUT2D eigenvalue weighted by Crippen LogP contribution is 2.33. The molecule has 0 bridgehead atoms. The first-order valence-corrected chi connectivity index (χ1v) is 6.25. The van der Waals surface area contributed by atoms with Gasteiger partial charge in [0, 0.05) is 19.5 Å². The molecule has 0 saturated carbocycles. The summed E-state index contributed by atoms with van der Waals surface area (Å²) in [4.78, 5) is 0. The summed E-state index contributed by atoms with van der Waals surface area (Å²) in [6.45, 7) is 4.21. The van der Waals surface area contributed by atoms with Gasteiger partial charge in [-0.3, -0.25) is 0 Å². The fourth-order valence-electron chi connectivity index (χ4n) is 2.78. The van der Waals surface area contributed by atoms with E-state index in [0.717, 1.165) is 31.2 Å². The molecule has 2 aliphatic rings. The SMILES string of the molecule is CC1Cc2cc(C3CC[N]CC3)ccc2O1. The summed E-state index contributed by atoms with van der Waals surface area (Å²) >= 11 is 0. The minimum absolute atomic E-state index is 0.353. The summed E-state index contributed by atoms with van der Waals surface area (Å²) in [5, 5.41) is 4.41. The third-order valence-corrected chi connectivity index (χ3v) is 3.66. The van der Waals surface area contributed by atoms with Crippen LogP contribution in [0, 0.1) is 0 Å². The molecule has 0 aliphatic carbocycles. The van der Waals surface area contributed by atoms with Crippen LogP contribution in [0.2, 0.25) is 0 Å². The fraction of sp³-hybridized carbons (Fsp3) is 0.571. The van der Waals surface area contributed by atoms with E-state index in [2.05, 4.69) is 30.4 Å². The summed E-state index contributed by atoms with van der Waals surface area (Å²) < 4.78 is 5.73. The van der Waals surface area contributed by atoms with Gasteiger partial charge in [-0.2, -0.15) is 0 Å². The summed E-state index contributed by atoms with van der Waals surface area (Å²) in [5.74, 6) is 1.82. The average molecular weight is 216 g/mol. The summed E-state index contributed by atoms with van der Waals surface area (Å²) in [6.07, 6.45) is 3.86. The first-order chi connectivity index (χ1) is 7.83. The molecule has 2 nitrogen and oxygen atoms in total. The van der Waals surface area contributed by atoms with E-state index in [1.54, 1.807) is 0 Å². The van der Waals surface area contributed by atoms with Crippen LogP contribution in [0.25, 0.3) is 0 Å². The Morgan fingerprint density at radius 1 is 1.25 bits per heavy atom. The molecule has 3 rings (SSSR count). The number of piperidine rings is 1. The van der Waals surface area contributed by atoms with Crippen molar-refractivity contribution in [3.63, 3.8) is 0 Å². The maximum Gasteiger partial charge on any atom is 0.123 e. The van der Waals surface area contributed by atoms with Crippen LogP contribution in [0.4, 0.5) is 0 Å². The second-order valence-electron chi connectivity index (χ2n) is 4.94. The molecule has 1 saturated heterocycles. The molecule has 1 radical (unpaired) electrons. The Balaban J connectivity index is 1.84. The van der Waals surface area contributed by atoms with Gasteiger partial charge in [-0.15, -0.1) is 0 Å². The van der Waals surface area contributed by atoms with E-state index in [9.17, 15) is 0 Å². The van der Waals surface area contributed by atoms with Crippen molar-refractivity contribution in [3.05, 3.63) is 29.3 Å². The third-order valence-electron chi connectivity index (χ3n) is 3.66. The zero-order valence-electron chi connectivity index (χ0n) is 9.78. The van der Waals surface area contributed by atoms with E-state index in [4.69, 9.17) is 4.74 Å². The van der Waals surface area contributed by atoms with Gasteiger partial charge in [-0.25, -0.2) is 5.32 Å². The number of hydrogen-bond donors (Lipinski definition) is 0. The van der Waals surface area contributed by atoms with Gasteiger partial charge in [-0.05, 0) is 42.9 Å². The molecular formula is C14H18NO. The van der Waals surface area contributed by atoms with Crippen LogP contribution < -0.4 is 10.1 Å². The number of ether oxygens (including phenoxy) is 1. The van der Waals surface area contributed by atoms with E-state index in [0.29, 0.717) is 6.10 Å². The molecule has 2 aliphatic heterocycles. The van der Waals surface area contributed by atoms with E-state index < -0.39 is 0 Å². The number of fused-ring (bicyclic) bond motifs is 1. The van der Waals surface area contributed by atoms with E-state index in [-0.39, 0.29) is 0 Å². The van der Waals surface area contributed by atoms with Gasteiger partial charge in [0.05, 0.1) is 0 Å². The lowest BCUT2D eigenvalue weighted by Crippen LogP contribution is -2.21. The van der Waals surface area contributed by atoms with E-state index in [1.165, 1.54) is 24.0 Å². The van der Waals surface area contributed by atoms with Crippen molar-refractivity contribution in [2.75, 3.05) is 13.1 Å². The van der Waals surface area contributed by atoms with Crippen LogP contribution in [-0.4, -0.2) is 19.2 Å². The Morgan fingerprint density at radius 2 is 2.06 bits per heavy atom. The molecule has 85 valence electrons. The quantitative estimate of drug-likeness (QED) is 0.707. The lowest BCUT2D eigenvalue weighted by molar-refractivity contribution is 0.254. The van der Waals surface area contributed by atoms with E-state index >= 15 is 0 Å². The third kappa shape index (κ3) is 1.82. The van der Waals surface area contributed by atoms with Gasteiger partial charge in [0.25, 0.3) is 0 Å². The van der Waals surface area contributed by atoms with Crippen molar-refractivity contribution >= 4 is 0 Å². The minimum atomic E-state index is 0.353. The number of nitrogens with zero attached hydrogens (tertiary/aromatic N) is 1. The van der Waals surface area contributed by atoms with Gasteiger partial charge in [0.1, 0.15) is 11.9 Å². The Morgan fingerprint density at radius 3 is 2.88 bits per heavy atom. The smallest absolute Gasteiger partial charge is 0.123 e. The largest absolute Gasteiger partial charge is 0.490 e. The van der Waals surface area contributed by atoms with Crippen LogP contribution >= 0.6 is 0 Å². The maximum absolute atomic E-state index is 5.73. The molecule has 0 amide bonds. The molecule has 1 aromatic rings. The number of benzene rings is 1. The Hall–Kier alpha value is -1.02. The minimum Gasteiger partial charge on any atom is -0.490 e. The highest BCUT2D eigenvalue weighted by atomic mass is 16.5. The predicted octanol–water partition coefficient (Wildman–Crippen LogP) is 2.49. The monoisotopic (exact) mass is 216 g/mol. The second-order valence-corrected chi connectivity index (χ2v) is 4.94. The summed E-state index contributed by atoms with van der Waals surface area (Å²) in [5.41, 5.74) is 2.89. The molecule has 2 heterocycles. The maximum atomic E-state index is 5.73. The number of rotatable bonds is 1. The van der Waals surface area contributed by atoms with Crippen LogP contribution in [-0.2, 0) is 6.42 Å². The van der Waals surface area contributed by atoms with Crippen molar-refractivity contribution in [1.29, 1.82) is 0 Å². The fourth-order valence-corrected chi connectivity index (χ4v) is 2.78. The highest BCUT2D eigenvalue weighted by Gasteiger charge is 2.22. The molecule has 1 aromatic carbocycles. The molecule has 0 aromatic heterocycles. The second kappa shape index (κ2) is 4.10. The first kappa shape index (κ1) is 10.2. The Labute approximate surface area is 97.0 Å². The molecule has 2 heteroatoms. The predicted molar refractivity (Wildman–Crippen MR) is 64.1 cm³/mol. The molecule has 0 spiro atoms. The number of hydrogen-bond acceptors (Lipinski definition) is 1. The van der Waals surface area contributed by atoms with Crippen LogP contribution in [0.1, 0.15) is 36.8 Å². The summed E-state index contributed by atoms with van der Waals surface area (Å²) in [7, 11) is 0. The molecule has 1 atom stereocenters. The van der Waals surface area contributed by atoms with Crippen LogP contribution in [0.15, 0.2) is 18.2 Å². The first-order valence-electron chi connectivity index (χ1n) is 6.25. The molecule has 1 unspecified atom stereocenters. The summed E-state index contributed by atoms with van der Waals surface area (Å²) in [6, 6.07) is 6.75. The molecule has 1 fully saturated rings. The van der Waals surface area contributed by atoms with E-state index in [1.807, 2.05) is 0 Å². The lowest BCUT2D eigenvalue weighted by Gasteiger charge is -2.22. The highest BCUT2D eigenvalue weighted by molar-refractivity contribution is 5.41. The van der Waals surface area contributed by atoms with Gasteiger partial charge >= 0.3 is 0 Å². The van der Waals surface area contributed by atoms with Gasteiger partial charge in [-0.1, -0.05) is 12.1 Å². The average Bonchev–Trinajstić information content (AvgIpc) is 2.69.